The van der Waals surface area contributed by atoms with Crippen LogP contribution in [0.4, 0.5) is 0 Å². The third-order valence-electron chi connectivity index (χ3n) is 3.04. The van der Waals surface area contributed by atoms with E-state index in [9.17, 15) is 0 Å². The molecule has 5 nitrogen and oxygen atoms in total. The maximum atomic E-state index is 5.48. The van der Waals surface area contributed by atoms with Gasteiger partial charge in [0, 0.05) is 7.11 Å². The highest BCUT2D eigenvalue weighted by Crippen LogP contribution is 2.29. The van der Waals surface area contributed by atoms with Crippen LogP contribution in [0.1, 0.15) is 37.5 Å². The average Bonchev–Trinajstić information content (AvgIpc) is 2.78. The molecular weight excluding hydrogens is 192 g/mol. The van der Waals surface area contributed by atoms with Gasteiger partial charge in [0.2, 0.25) is 0 Å². The number of methoxy groups -OCH3 is 1. The van der Waals surface area contributed by atoms with Crippen LogP contribution in [-0.2, 0) is 11.3 Å². The molecule has 0 aromatic carbocycles. The van der Waals surface area contributed by atoms with Gasteiger partial charge in [-0.2, -0.15) is 5.10 Å². The Kier molecular flexibility index (Phi) is 3.33. The van der Waals surface area contributed by atoms with Gasteiger partial charge < -0.3 is 10.5 Å². The molecule has 1 heterocycles. The summed E-state index contributed by atoms with van der Waals surface area (Å²) in [5.74, 6) is 0.717. The van der Waals surface area contributed by atoms with Gasteiger partial charge in [0.25, 0.3) is 0 Å². The Morgan fingerprint density at radius 1 is 1.60 bits per heavy atom. The van der Waals surface area contributed by atoms with E-state index < -0.39 is 0 Å². The largest absolute Gasteiger partial charge is 0.381 e. The maximum absolute atomic E-state index is 5.48. The van der Waals surface area contributed by atoms with Gasteiger partial charge in [0.05, 0.1) is 18.7 Å². The van der Waals surface area contributed by atoms with Gasteiger partial charge in [-0.05, 0) is 25.7 Å². The number of aromatic nitrogens is 3. The molecule has 2 atom stereocenters. The van der Waals surface area contributed by atoms with Crippen molar-refractivity contribution in [2.24, 2.45) is 5.73 Å². The van der Waals surface area contributed by atoms with E-state index >= 15 is 0 Å². The van der Waals surface area contributed by atoms with Crippen LogP contribution in [0.3, 0.4) is 0 Å². The molecule has 2 rings (SSSR count). The van der Waals surface area contributed by atoms with Gasteiger partial charge in [-0.1, -0.05) is 0 Å². The van der Waals surface area contributed by atoms with Gasteiger partial charge in [0.1, 0.15) is 6.33 Å². The van der Waals surface area contributed by atoms with Crippen LogP contribution in [0, 0.1) is 0 Å². The zero-order valence-electron chi connectivity index (χ0n) is 9.09. The lowest BCUT2D eigenvalue weighted by molar-refractivity contribution is 0.0507. The Balaban J connectivity index is 2.03. The second kappa shape index (κ2) is 4.72. The molecule has 0 bridgehead atoms. The monoisotopic (exact) mass is 210 g/mol. The summed E-state index contributed by atoms with van der Waals surface area (Å²) in [6.07, 6.45) is 6.70. The fourth-order valence-corrected chi connectivity index (χ4v) is 2.15. The van der Waals surface area contributed by atoms with Crippen LogP contribution in [0.15, 0.2) is 6.33 Å². The Morgan fingerprint density at radius 3 is 3.13 bits per heavy atom. The minimum atomic E-state index is 0.370. The third-order valence-corrected chi connectivity index (χ3v) is 3.04. The molecule has 2 N–H and O–H groups in total. The fraction of sp³-hybridized carbons (Fsp3) is 0.800. The summed E-state index contributed by atoms with van der Waals surface area (Å²) in [6, 6.07) is 0.427. The van der Waals surface area contributed by atoms with Gasteiger partial charge >= 0.3 is 0 Å². The second-order valence-corrected chi connectivity index (χ2v) is 4.02. The molecule has 1 aromatic rings. The summed E-state index contributed by atoms with van der Waals surface area (Å²) in [4.78, 5) is 4.15. The van der Waals surface area contributed by atoms with E-state index in [2.05, 4.69) is 10.1 Å². The quantitative estimate of drug-likeness (QED) is 0.803. The molecule has 5 heteroatoms. The van der Waals surface area contributed by atoms with E-state index in [-0.39, 0.29) is 0 Å². The van der Waals surface area contributed by atoms with Crippen LogP contribution in [-0.4, -0.2) is 28.0 Å². The number of nitrogens with zero attached hydrogens (tertiary/aromatic N) is 3. The Labute approximate surface area is 89.6 Å². The van der Waals surface area contributed by atoms with Crippen molar-refractivity contribution in [1.29, 1.82) is 0 Å². The zero-order chi connectivity index (χ0) is 10.7. The number of ether oxygens (including phenoxy) is 1. The summed E-state index contributed by atoms with van der Waals surface area (Å²) in [6.45, 7) is 0.410. The minimum Gasteiger partial charge on any atom is -0.381 e. The topological polar surface area (TPSA) is 66.0 Å². The molecule has 1 fully saturated rings. The first kappa shape index (κ1) is 10.6. The van der Waals surface area contributed by atoms with E-state index in [1.807, 2.05) is 4.68 Å². The second-order valence-electron chi connectivity index (χ2n) is 4.02. The third kappa shape index (κ3) is 2.35. The lowest BCUT2D eigenvalue weighted by Gasteiger charge is -2.27. The zero-order valence-corrected chi connectivity index (χ0v) is 9.09. The van der Waals surface area contributed by atoms with Gasteiger partial charge in [-0.3, -0.25) is 0 Å². The molecule has 0 amide bonds. The Bertz CT molecular complexity index is 312. The predicted octanol–water partition coefficient (Wildman–Crippen LogP) is 0.867. The van der Waals surface area contributed by atoms with Crippen molar-refractivity contribution in [2.45, 2.75) is 44.4 Å². The predicted molar refractivity (Wildman–Crippen MR) is 56.2 cm³/mol. The van der Waals surface area contributed by atoms with E-state index in [4.69, 9.17) is 10.5 Å². The molecule has 84 valence electrons. The van der Waals surface area contributed by atoms with Crippen molar-refractivity contribution in [3.05, 3.63) is 12.2 Å². The highest BCUT2D eigenvalue weighted by molar-refractivity contribution is 4.84. The van der Waals surface area contributed by atoms with Crippen LogP contribution in [0.2, 0.25) is 0 Å². The molecule has 0 saturated heterocycles. The summed E-state index contributed by atoms with van der Waals surface area (Å²) >= 11 is 0. The number of hydrogen-bond donors (Lipinski definition) is 1. The van der Waals surface area contributed by atoms with E-state index in [1.54, 1.807) is 13.4 Å². The highest BCUT2D eigenvalue weighted by atomic mass is 16.5. The molecule has 0 aliphatic heterocycles. The van der Waals surface area contributed by atoms with E-state index in [0.29, 0.717) is 18.7 Å². The molecule has 0 spiro atoms. The highest BCUT2D eigenvalue weighted by Gasteiger charge is 2.23. The number of hydrogen-bond acceptors (Lipinski definition) is 4. The first-order valence-corrected chi connectivity index (χ1v) is 5.46. The average molecular weight is 210 g/mol. The summed E-state index contributed by atoms with van der Waals surface area (Å²) in [5, 5.41) is 4.35. The molecule has 1 aliphatic rings. The number of nitrogens with two attached hydrogens (primary N) is 1. The van der Waals surface area contributed by atoms with Crippen molar-refractivity contribution >= 4 is 0 Å². The smallest absolute Gasteiger partial charge is 0.164 e. The summed E-state index contributed by atoms with van der Waals surface area (Å²) < 4.78 is 7.33. The lowest BCUT2D eigenvalue weighted by atomic mass is 9.93. The van der Waals surface area contributed by atoms with Crippen LogP contribution >= 0.6 is 0 Å². The SMILES string of the molecule is COC1CCCC(n2cnc(CN)n2)C1. The molecule has 1 saturated carbocycles. The van der Waals surface area contributed by atoms with Crippen LogP contribution in [0.25, 0.3) is 0 Å². The first-order chi connectivity index (χ1) is 7.33. The first-order valence-electron chi connectivity index (χ1n) is 5.46. The standard InChI is InChI=1S/C10H18N4O/c1-15-9-4-2-3-8(5-9)14-7-12-10(6-11)13-14/h7-9H,2-6,11H2,1H3. The molecule has 2 unspecified atom stereocenters. The van der Waals surface area contributed by atoms with Gasteiger partial charge in [-0.15, -0.1) is 0 Å². The van der Waals surface area contributed by atoms with Crippen molar-refractivity contribution < 1.29 is 4.74 Å². The lowest BCUT2D eigenvalue weighted by Crippen LogP contribution is -2.24. The van der Waals surface area contributed by atoms with E-state index in [1.165, 1.54) is 6.42 Å². The number of rotatable bonds is 3. The van der Waals surface area contributed by atoms with Crippen LogP contribution in [0.5, 0.6) is 0 Å². The van der Waals surface area contributed by atoms with Crippen molar-refractivity contribution in [3.8, 4) is 0 Å². The molecule has 1 aromatic heterocycles. The molecule has 15 heavy (non-hydrogen) atoms. The van der Waals surface area contributed by atoms with E-state index in [0.717, 1.165) is 25.1 Å². The van der Waals surface area contributed by atoms with Crippen molar-refractivity contribution in [1.82, 2.24) is 14.8 Å². The minimum absolute atomic E-state index is 0.370. The normalized spacial score (nSPS) is 26.8. The van der Waals surface area contributed by atoms with Crippen LogP contribution < -0.4 is 5.73 Å². The van der Waals surface area contributed by atoms with Gasteiger partial charge in [-0.25, -0.2) is 9.67 Å². The van der Waals surface area contributed by atoms with Crippen molar-refractivity contribution in [3.63, 3.8) is 0 Å². The fourth-order valence-electron chi connectivity index (χ4n) is 2.15. The Morgan fingerprint density at radius 2 is 2.47 bits per heavy atom. The molecule has 1 aliphatic carbocycles. The summed E-state index contributed by atoms with van der Waals surface area (Å²) in [7, 11) is 1.78. The summed E-state index contributed by atoms with van der Waals surface area (Å²) in [5.41, 5.74) is 5.48. The molecule has 0 radical (unpaired) electrons. The molecular formula is C10H18N4O. The Hall–Kier alpha value is -0.940. The maximum Gasteiger partial charge on any atom is 0.164 e. The van der Waals surface area contributed by atoms with Gasteiger partial charge in [0.15, 0.2) is 5.82 Å². The van der Waals surface area contributed by atoms with Crippen molar-refractivity contribution in [2.75, 3.05) is 7.11 Å².